The lowest BCUT2D eigenvalue weighted by molar-refractivity contribution is 0.0527. The van der Waals surface area contributed by atoms with Gasteiger partial charge in [-0.15, -0.1) is 0 Å². The van der Waals surface area contributed by atoms with Gasteiger partial charge < -0.3 is 4.74 Å². The molecule has 0 fully saturated rings. The molecule has 0 saturated carbocycles. The van der Waals surface area contributed by atoms with E-state index in [-0.39, 0.29) is 5.97 Å². The van der Waals surface area contributed by atoms with Gasteiger partial charge in [0.05, 0.1) is 12.2 Å². The second-order valence-corrected chi connectivity index (χ2v) is 7.12. The van der Waals surface area contributed by atoms with Gasteiger partial charge in [0.2, 0.25) is 0 Å². The van der Waals surface area contributed by atoms with Crippen LogP contribution in [-0.4, -0.2) is 12.6 Å². The van der Waals surface area contributed by atoms with Crippen molar-refractivity contribution < 1.29 is 9.53 Å². The fraction of sp³-hybridized carbons (Fsp3) is 0.0741. The summed E-state index contributed by atoms with van der Waals surface area (Å²) < 4.78 is 5.40. The maximum Gasteiger partial charge on any atom is 0.338 e. The van der Waals surface area contributed by atoms with Gasteiger partial charge in [0.15, 0.2) is 0 Å². The first kappa shape index (κ1) is 17.4. The van der Waals surface area contributed by atoms with Gasteiger partial charge in [-0.25, -0.2) is 4.79 Å². The van der Waals surface area contributed by atoms with Crippen molar-refractivity contribution in [2.75, 3.05) is 6.61 Å². The van der Waals surface area contributed by atoms with E-state index in [4.69, 9.17) is 4.74 Å². The SMILES string of the molecule is CCOC(=O)c1ccc2ccccc2c1-c1cc2ccccc2c2ccccc12. The fourth-order valence-electron chi connectivity index (χ4n) is 4.20. The molecule has 2 nitrogen and oxygen atoms in total. The predicted molar refractivity (Wildman–Crippen MR) is 120 cm³/mol. The van der Waals surface area contributed by atoms with Crippen LogP contribution in [0.5, 0.6) is 0 Å². The Morgan fingerprint density at radius 1 is 0.690 bits per heavy atom. The van der Waals surface area contributed by atoms with Crippen molar-refractivity contribution in [1.82, 2.24) is 0 Å². The molecule has 0 amide bonds. The molecule has 0 bridgehead atoms. The molecule has 2 heteroatoms. The Labute approximate surface area is 169 Å². The standard InChI is InChI=1S/C27H20O2/c1-2-29-27(28)24-16-15-18-9-3-6-12-21(18)26(24)25-17-19-10-4-5-11-20(19)22-13-7-8-14-23(22)25/h3-17H,2H2,1H3. The summed E-state index contributed by atoms with van der Waals surface area (Å²) in [6.07, 6.45) is 0. The highest BCUT2D eigenvalue weighted by Crippen LogP contribution is 2.40. The van der Waals surface area contributed by atoms with Crippen molar-refractivity contribution >= 4 is 38.3 Å². The number of carbonyl (C=O) groups excluding carboxylic acids is 1. The number of carbonyl (C=O) groups is 1. The zero-order valence-corrected chi connectivity index (χ0v) is 16.2. The highest BCUT2D eigenvalue weighted by Gasteiger charge is 2.19. The van der Waals surface area contributed by atoms with Crippen LogP contribution in [-0.2, 0) is 4.74 Å². The normalized spacial score (nSPS) is 11.2. The largest absolute Gasteiger partial charge is 0.462 e. The van der Waals surface area contributed by atoms with E-state index in [0.29, 0.717) is 12.2 Å². The summed E-state index contributed by atoms with van der Waals surface area (Å²) in [7, 11) is 0. The smallest absolute Gasteiger partial charge is 0.338 e. The van der Waals surface area contributed by atoms with E-state index >= 15 is 0 Å². The van der Waals surface area contributed by atoms with Crippen molar-refractivity contribution in [2.24, 2.45) is 0 Å². The van der Waals surface area contributed by atoms with Crippen molar-refractivity contribution in [3.63, 3.8) is 0 Å². The molecule has 0 heterocycles. The third kappa shape index (κ3) is 2.85. The summed E-state index contributed by atoms with van der Waals surface area (Å²) in [6, 6.07) is 31.1. The molecule has 0 saturated heterocycles. The molecule has 0 N–H and O–H groups in total. The van der Waals surface area contributed by atoms with E-state index in [9.17, 15) is 4.79 Å². The number of esters is 1. The predicted octanol–water partition coefficient (Wildman–Crippen LogP) is 6.99. The van der Waals surface area contributed by atoms with Crippen molar-refractivity contribution in [3.8, 4) is 11.1 Å². The van der Waals surface area contributed by atoms with Crippen LogP contribution >= 0.6 is 0 Å². The first-order valence-electron chi connectivity index (χ1n) is 9.87. The average Bonchev–Trinajstić information content (AvgIpc) is 2.78. The minimum Gasteiger partial charge on any atom is -0.462 e. The van der Waals surface area contributed by atoms with Crippen molar-refractivity contribution in [1.29, 1.82) is 0 Å². The molecular formula is C27H20O2. The van der Waals surface area contributed by atoms with Crippen LogP contribution in [0.1, 0.15) is 17.3 Å². The van der Waals surface area contributed by atoms with Gasteiger partial charge in [-0.3, -0.25) is 0 Å². The second-order valence-electron chi connectivity index (χ2n) is 7.12. The number of hydrogen-bond acceptors (Lipinski definition) is 2. The molecule has 29 heavy (non-hydrogen) atoms. The summed E-state index contributed by atoms with van der Waals surface area (Å²) in [5, 5.41) is 6.84. The number of hydrogen-bond donors (Lipinski definition) is 0. The van der Waals surface area contributed by atoms with Gasteiger partial charge in [0.1, 0.15) is 0 Å². The fourth-order valence-corrected chi connectivity index (χ4v) is 4.20. The number of fused-ring (bicyclic) bond motifs is 4. The van der Waals surface area contributed by atoms with E-state index in [1.165, 1.54) is 10.8 Å². The summed E-state index contributed by atoms with van der Waals surface area (Å²) in [5.74, 6) is -0.287. The molecule has 5 aromatic rings. The van der Waals surface area contributed by atoms with Gasteiger partial charge in [-0.05, 0) is 56.9 Å². The van der Waals surface area contributed by atoms with E-state index in [2.05, 4.69) is 66.7 Å². The third-order valence-electron chi connectivity index (χ3n) is 5.46. The molecule has 0 aliphatic rings. The zero-order valence-electron chi connectivity index (χ0n) is 16.2. The maximum absolute atomic E-state index is 12.9. The second kappa shape index (κ2) is 7.06. The summed E-state index contributed by atoms with van der Waals surface area (Å²) in [5.41, 5.74) is 2.59. The Morgan fingerprint density at radius 2 is 1.31 bits per heavy atom. The minimum absolute atomic E-state index is 0.287. The maximum atomic E-state index is 12.9. The lowest BCUT2D eigenvalue weighted by Gasteiger charge is -2.16. The molecule has 0 aliphatic heterocycles. The Kier molecular flexibility index (Phi) is 4.25. The van der Waals surface area contributed by atoms with Gasteiger partial charge in [-0.2, -0.15) is 0 Å². The van der Waals surface area contributed by atoms with Gasteiger partial charge in [-0.1, -0.05) is 78.9 Å². The molecule has 0 radical (unpaired) electrons. The number of rotatable bonds is 3. The van der Waals surface area contributed by atoms with Gasteiger partial charge in [0, 0.05) is 5.56 Å². The van der Waals surface area contributed by atoms with E-state index in [1.807, 2.05) is 31.2 Å². The number of ether oxygens (including phenoxy) is 1. The van der Waals surface area contributed by atoms with Gasteiger partial charge in [0.25, 0.3) is 0 Å². The Morgan fingerprint density at radius 3 is 2.07 bits per heavy atom. The molecule has 5 aromatic carbocycles. The molecule has 0 atom stereocenters. The Bertz CT molecular complexity index is 1380. The summed E-state index contributed by atoms with van der Waals surface area (Å²) in [4.78, 5) is 12.9. The van der Waals surface area contributed by atoms with Crippen LogP contribution in [0.15, 0.2) is 91.0 Å². The first-order valence-corrected chi connectivity index (χ1v) is 9.87. The molecule has 0 aliphatic carbocycles. The molecule has 0 aromatic heterocycles. The average molecular weight is 376 g/mol. The van der Waals surface area contributed by atoms with Crippen LogP contribution in [0, 0.1) is 0 Å². The van der Waals surface area contributed by atoms with Crippen LogP contribution in [0.4, 0.5) is 0 Å². The summed E-state index contributed by atoms with van der Waals surface area (Å²) >= 11 is 0. The van der Waals surface area contributed by atoms with Crippen LogP contribution in [0.25, 0.3) is 43.4 Å². The molecule has 140 valence electrons. The molecule has 5 rings (SSSR count). The van der Waals surface area contributed by atoms with Crippen LogP contribution in [0.2, 0.25) is 0 Å². The van der Waals surface area contributed by atoms with Gasteiger partial charge >= 0.3 is 5.97 Å². The zero-order chi connectivity index (χ0) is 19.8. The molecule has 0 spiro atoms. The van der Waals surface area contributed by atoms with E-state index in [0.717, 1.165) is 32.7 Å². The minimum atomic E-state index is -0.287. The highest BCUT2D eigenvalue weighted by molar-refractivity contribution is 6.19. The molecular weight excluding hydrogens is 356 g/mol. The summed E-state index contributed by atoms with van der Waals surface area (Å²) in [6.45, 7) is 2.19. The Hall–Kier alpha value is -3.65. The lowest BCUT2D eigenvalue weighted by atomic mass is 9.88. The molecule has 0 unspecified atom stereocenters. The van der Waals surface area contributed by atoms with E-state index < -0.39 is 0 Å². The van der Waals surface area contributed by atoms with Crippen LogP contribution in [0.3, 0.4) is 0 Å². The highest BCUT2D eigenvalue weighted by atomic mass is 16.5. The first-order chi connectivity index (χ1) is 14.3. The lowest BCUT2D eigenvalue weighted by Crippen LogP contribution is -2.07. The quantitative estimate of drug-likeness (QED) is 0.250. The van der Waals surface area contributed by atoms with E-state index in [1.54, 1.807) is 0 Å². The third-order valence-corrected chi connectivity index (χ3v) is 5.46. The van der Waals surface area contributed by atoms with Crippen molar-refractivity contribution in [2.45, 2.75) is 6.92 Å². The van der Waals surface area contributed by atoms with Crippen molar-refractivity contribution in [3.05, 3.63) is 96.6 Å². The number of benzene rings is 5. The van der Waals surface area contributed by atoms with Crippen LogP contribution < -0.4 is 0 Å². The topological polar surface area (TPSA) is 26.3 Å². The monoisotopic (exact) mass is 376 g/mol. The Balaban J connectivity index is 1.96.